The van der Waals surface area contributed by atoms with E-state index in [9.17, 15) is 9.59 Å². The number of fused-ring (bicyclic) bond motifs is 1. The maximum atomic E-state index is 12.0. The Bertz CT molecular complexity index is 587. The Labute approximate surface area is 103 Å². The van der Waals surface area contributed by atoms with Gasteiger partial charge in [0.15, 0.2) is 0 Å². The lowest BCUT2D eigenvalue weighted by atomic mass is 10.1. The van der Waals surface area contributed by atoms with E-state index in [1.165, 1.54) is 6.26 Å². The number of carbonyl (C=O) groups excluding carboxylic acids is 1. The monoisotopic (exact) mass is 247 g/mol. The second kappa shape index (κ2) is 4.91. The van der Waals surface area contributed by atoms with E-state index in [0.29, 0.717) is 23.0 Å². The van der Waals surface area contributed by atoms with E-state index in [1.54, 1.807) is 31.2 Å². The predicted molar refractivity (Wildman–Crippen MR) is 65.4 cm³/mol. The van der Waals surface area contributed by atoms with Crippen LogP contribution in [0.25, 0.3) is 11.0 Å². The Kier molecular flexibility index (Phi) is 3.32. The molecule has 0 saturated heterocycles. The van der Waals surface area contributed by atoms with Crippen molar-refractivity contribution in [1.82, 2.24) is 5.32 Å². The summed E-state index contributed by atoms with van der Waals surface area (Å²) < 4.78 is 5.24. The molecule has 0 spiro atoms. The second-order valence-electron chi connectivity index (χ2n) is 3.92. The van der Waals surface area contributed by atoms with Crippen molar-refractivity contribution in [2.75, 3.05) is 0 Å². The summed E-state index contributed by atoms with van der Waals surface area (Å²) in [4.78, 5) is 22.8. The molecular formula is C13H13NO4. The zero-order valence-corrected chi connectivity index (χ0v) is 9.84. The number of hydrogen-bond acceptors (Lipinski definition) is 3. The van der Waals surface area contributed by atoms with Crippen molar-refractivity contribution in [3.8, 4) is 0 Å². The van der Waals surface area contributed by atoms with Crippen LogP contribution in [0.1, 0.15) is 23.7 Å². The van der Waals surface area contributed by atoms with Crippen molar-refractivity contribution in [2.45, 2.75) is 19.4 Å². The highest BCUT2D eigenvalue weighted by Gasteiger charge is 2.20. The molecular weight excluding hydrogens is 234 g/mol. The van der Waals surface area contributed by atoms with E-state index in [4.69, 9.17) is 9.52 Å². The van der Waals surface area contributed by atoms with E-state index in [1.807, 2.05) is 0 Å². The van der Waals surface area contributed by atoms with Crippen LogP contribution in [-0.2, 0) is 4.79 Å². The Morgan fingerprint density at radius 3 is 2.78 bits per heavy atom. The fourth-order valence-electron chi connectivity index (χ4n) is 1.73. The summed E-state index contributed by atoms with van der Waals surface area (Å²) in [5.74, 6) is -1.48. The SMILES string of the molecule is CC[C@@H](NC(=O)c1coc2ccccc12)C(=O)O. The number of amides is 1. The molecule has 0 radical (unpaired) electrons. The molecule has 0 fully saturated rings. The first-order chi connectivity index (χ1) is 8.63. The molecule has 5 nitrogen and oxygen atoms in total. The topological polar surface area (TPSA) is 79.5 Å². The summed E-state index contributed by atoms with van der Waals surface area (Å²) in [7, 11) is 0. The minimum absolute atomic E-state index is 0.330. The lowest BCUT2D eigenvalue weighted by molar-refractivity contribution is -0.139. The Morgan fingerprint density at radius 2 is 2.11 bits per heavy atom. The highest BCUT2D eigenvalue weighted by molar-refractivity contribution is 6.06. The van der Waals surface area contributed by atoms with Gasteiger partial charge in [-0.25, -0.2) is 4.79 Å². The van der Waals surface area contributed by atoms with E-state index < -0.39 is 17.9 Å². The number of hydrogen-bond donors (Lipinski definition) is 2. The molecule has 1 atom stereocenters. The molecule has 1 amide bonds. The van der Waals surface area contributed by atoms with Gasteiger partial charge in [-0.05, 0) is 12.5 Å². The van der Waals surface area contributed by atoms with Gasteiger partial charge in [-0.1, -0.05) is 25.1 Å². The van der Waals surface area contributed by atoms with Gasteiger partial charge in [0.25, 0.3) is 5.91 Å². The van der Waals surface area contributed by atoms with Gasteiger partial charge in [-0.2, -0.15) is 0 Å². The molecule has 1 aromatic heterocycles. The van der Waals surface area contributed by atoms with Gasteiger partial charge in [0.05, 0.1) is 5.56 Å². The lowest BCUT2D eigenvalue weighted by Gasteiger charge is -2.11. The second-order valence-corrected chi connectivity index (χ2v) is 3.92. The molecule has 5 heteroatoms. The maximum absolute atomic E-state index is 12.0. The fourth-order valence-corrected chi connectivity index (χ4v) is 1.73. The van der Waals surface area contributed by atoms with E-state index in [-0.39, 0.29) is 0 Å². The number of para-hydroxylation sites is 1. The number of nitrogens with one attached hydrogen (secondary N) is 1. The van der Waals surface area contributed by atoms with Gasteiger partial charge >= 0.3 is 5.97 Å². The van der Waals surface area contributed by atoms with Crippen molar-refractivity contribution >= 4 is 22.8 Å². The molecule has 0 aliphatic heterocycles. The van der Waals surface area contributed by atoms with Crippen molar-refractivity contribution in [3.63, 3.8) is 0 Å². The van der Waals surface area contributed by atoms with Gasteiger partial charge in [0.1, 0.15) is 17.9 Å². The number of carbonyl (C=O) groups is 2. The Balaban J connectivity index is 2.26. The summed E-state index contributed by atoms with van der Waals surface area (Å²) in [6.45, 7) is 1.70. The predicted octanol–water partition coefficient (Wildman–Crippen LogP) is 2.03. The normalized spacial score (nSPS) is 12.3. The molecule has 1 aromatic carbocycles. The molecule has 0 aliphatic rings. The molecule has 0 aliphatic carbocycles. The lowest BCUT2D eigenvalue weighted by Crippen LogP contribution is -2.40. The molecule has 0 saturated carbocycles. The van der Waals surface area contributed by atoms with Crippen molar-refractivity contribution in [3.05, 3.63) is 36.1 Å². The van der Waals surface area contributed by atoms with Crippen LogP contribution < -0.4 is 5.32 Å². The van der Waals surface area contributed by atoms with Crippen LogP contribution in [0.15, 0.2) is 34.9 Å². The quantitative estimate of drug-likeness (QED) is 0.866. The smallest absolute Gasteiger partial charge is 0.326 e. The van der Waals surface area contributed by atoms with Crippen LogP contribution in [0.3, 0.4) is 0 Å². The number of carboxylic acids is 1. The average Bonchev–Trinajstić information content (AvgIpc) is 2.79. The summed E-state index contributed by atoms with van der Waals surface area (Å²) >= 11 is 0. The van der Waals surface area contributed by atoms with Crippen LogP contribution in [0.5, 0.6) is 0 Å². The summed E-state index contributed by atoms with van der Waals surface area (Å²) in [5.41, 5.74) is 0.955. The molecule has 2 aromatic rings. The largest absolute Gasteiger partial charge is 0.480 e. The molecule has 0 bridgehead atoms. The zero-order valence-electron chi connectivity index (χ0n) is 9.84. The molecule has 18 heavy (non-hydrogen) atoms. The standard InChI is InChI=1S/C13H13NO4/c1-2-10(13(16)17)14-12(15)9-7-18-11-6-4-3-5-8(9)11/h3-7,10H,2H2,1H3,(H,14,15)(H,16,17)/t10-/m1/s1. The highest BCUT2D eigenvalue weighted by Crippen LogP contribution is 2.20. The Hall–Kier alpha value is -2.30. The number of benzene rings is 1. The first kappa shape index (κ1) is 12.2. The summed E-state index contributed by atoms with van der Waals surface area (Å²) in [5, 5.41) is 12.0. The van der Waals surface area contributed by atoms with Crippen molar-refractivity contribution in [2.24, 2.45) is 0 Å². The fraction of sp³-hybridized carbons (Fsp3) is 0.231. The van der Waals surface area contributed by atoms with E-state index >= 15 is 0 Å². The van der Waals surface area contributed by atoms with Gasteiger partial charge < -0.3 is 14.8 Å². The number of furan rings is 1. The third-order valence-electron chi connectivity index (χ3n) is 2.74. The summed E-state index contributed by atoms with van der Waals surface area (Å²) in [6, 6.07) is 6.23. The highest BCUT2D eigenvalue weighted by atomic mass is 16.4. The first-order valence-corrected chi connectivity index (χ1v) is 5.63. The minimum atomic E-state index is -1.04. The van der Waals surface area contributed by atoms with Crippen LogP contribution in [0, 0.1) is 0 Å². The van der Waals surface area contributed by atoms with Crippen LogP contribution >= 0.6 is 0 Å². The van der Waals surface area contributed by atoms with Crippen molar-refractivity contribution < 1.29 is 19.1 Å². The summed E-state index contributed by atoms with van der Waals surface area (Å²) in [6.07, 6.45) is 1.67. The van der Waals surface area contributed by atoms with E-state index in [0.717, 1.165) is 0 Å². The molecule has 2 N–H and O–H groups in total. The van der Waals surface area contributed by atoms with Gasteiger partial charge in [0.2, 0.25) is 0 Å². The first-order valence-electron chi connectivity index (χ1n) is 5.63. The number of rotatable bonds is 4. The molecule has 0 unspecified atom stereocenters. The number of carboxylic acid groups (broad SMARTS) is 1. The molecule has 94 valence electrons. The van der Waals surface area contributed by atoms with Crippen LogP contribution in [0.2, 0.25) is 0 Å². The van der Waals surface area contributed by atoms with Gasteiger partial charge in [-0.3, -0.25) is 4.79 Å². The third kappa shape index (κ3) is 2.20. The maximum Gasteiger partial charge on any atom is 0.326 e. The Morgan fingerprint density at radius 1 is 1.39 bits per heavy atom. The number of aliphatic carboxylic acids is 1. The van der Waals surface area contributed by atoms with Crippen LogP contribution in [0.4, 0.5) is 0 Å². The van der Waals surface area contributed by atoms with Crippen molar-refractivity contribution in [1.29, 1.82) is 0 Å². The van der Waals surface area contributed by atoms with E-state index in [2.05, 4.69) is 5.32 Å². The third-order valence-corrected chi connectivity index (χ3v) is 2.74. The zero-order chi connectivity index (χ0) is 13.1. The molecule has 2 rings (SSSR count). The average molecular weight is 247 g/mol. The molecule has 1 heterocycles. The van der Waals surface area contributed by atoms with Crippen LogP contribution in [-0.4, -0.2) is 23.0 Å². The van der Waals surface area contributed by atoms with Gasteiger partial charge in [0, 0.05) is 5.39 Å². The van der Waals surface area contributed by atoms with Gasteiger partial charge in [-0.15, -0.1) is 0 Å². The minimum Gasteiger partial charge on any atom is -0.480 e.